The van der Waals surface area contributed by atoms with Gasteiger partial charge in [-0.15, -0.1) is 0 Å². The normalized spacial score (nSPS) is 13.3. The first-order valence-electron chi connectivity index (χ1n) is 7.90. The van der Waals surface area contributed by atoms with Gasteiger partial charge >= 0.3 is 0 Å². The van der Waals surface area contributed by atoms with E-state index in [0.29, 0.717) is 13.2 Å². The minimum absolute atomic E-state index is 0.133. The lowest BCUT2D eigenvalue weighted by molar-refractivity contribution is -0.116. The molecule has 3 rings (SSSR count). The van der Waals surface area contributed by atoms with E-state index in [4.69, 9.17) is 4.74 Å². The number of aromatic nitrogens is 2. The van der Waals surface area contributed by atoms with Crippen molar-refractivity contribution in [3.05, 3.63) is 53.4 Å². The molecule has 1 aliphatic carbocycles. The Bertz CT molecular complexity index is 719. The van der Waals surface area contributed by atoms with Crippen LogP contribution < -0.4 is 10.1 Å². The van der Waals surface area contributed by atoms with E-state index >= 15 is 0 Å². The third-order valence-electron chi connectivity index (χ3n) is 3.89. The van der Waals surface area contributed by atoms with Crippen molar-refractivity contribution in [3.8, 4) is 5.75 Å². The quantitative estimate of drug-likeness (QED) is 0.657. The van der Waals surface area contributed by atoms with Crippen LogP contribution in [0.2, 0.25) is 0 Å². The zero-order chi connectivity index (χ0) is 16.1. The fourth-order valence-corrected chi connectivity index (χ4v) is 2.74. The molecule has 0 saturated carbocycles. The number of ether oxygens (including phenoxy) is 1. The number of hydrogen-bond donors (Lipinski definition) is 1. The van der Waals surface area contributed by atoms with Crippen LogP contribution >= 0.6 is 0 Å². The van der Waals surface area contributed by atoms with Crippen molar-refractivity contribution >= 4 is 12.0 Å². The minimum Gasteiger partial charge on any atom is -0.492 e. The van der Waals surface area contributed by atoms with Crippen LogP contribution in [0.25, 0.3) is 6.08 Å². The van der Waals surface area contributed by atoms with E-state index in [0.717, 1.165) is 17.7 Å². The number of nitrogens with zero attached hydrogens (tertiary/aromatic N) is 2. The van der Waals surface area contributed by atoms with Gasteiger partial charge < -0.3 is 10.1 Å². The summed E-state index contributed by atoms with van der Waals surface area (Å²) in [7, 11) is 1.84. The third kappa shape index (κ3) is 4.22. The van der Waals surface area contributed by atoms with Gasteiger partial charge in [-0.1, -0.05) is 6.07 Å². The minimum atomic E-state index is -0.133. The first-order chi connectivity index (χ1) is 11.2. The molecule has 0 radical (unpaired) electrons. The van der Waals surface area contributed by atoms with E-state index in [9.17, 15) is 4.79 Å². The summed E-state index contributed by atoms with van der Waals surface area (Å²) in [6, 6.07) is 6.27. The summed E-state index contributed by atoms with van der Waals surface area (Å²) in [4.78, 5) is 11.7. The number of fused-ring (bicyclic) bond motifs is 1. The summed E-state index contributed by atoms with van der Waals surface area (Å²) in [6.45, 7) is 0.943. The molecule has 0 fully saturated rings. The lowest BCUT2D eigenvalue weighted by atomic mass is 10.1. The summed E-state index contributed by atoms with van der Waals surface area (Å²) in [5.74, 6) is 0.747. The molecule has 1 aromatic carbocycles. The lowest BCUT2D eigenvalue weighted by Gasteiger charge is -2.08. The molecule has 1 heterocycles. The topological polar surface area (TPSA) is 56.2 Å². The number of nitrogens with one attached hydrogen (secondary N) is 1. The maximum Gasteiger partial charge on any atom is 0.244 e. The molecule has 0 bridgehead atoms. The SMILES string of the molecule is Cn1cc(/C=C/C(=O)NCCOc2ccc3c(c2)CCC3)cn1. The highest BCUT2D eigenvalue weighted by molar-refractivity contribution is 5.91. The van der Waals surface area contributed by atoms with Gasteiger partial charge in [0, 0.05) is 24.9 Å². The molecule has 1 aliphatic rings. The van der Waals surface area contributed by atoms with E-state index in [1.807, 2.05) is 19.3 Å². The molecular formula is C18H21N3O2. The Balaban J connectivity index is 1.39. The van der Waals surface area contributed by atoms with Crippen LogP contribution in [-0.4, -0.2) is 28.8 Å². The van der Waals surface area contributed by atoms with Crippen LogP contribution in [0.15, 0.2) is 36.7 Å². The van der Waals surface area contributed by atoms with Crippen LogP contribution in [0.1, 0.15) is 23.1 Å². The fraction of sp³-hybridized carbons (Fsp3) is 0.333. The van der Waals surface area contributed by atoms with Crippen LogP contribution in [0.5, 0.6) is 5.75 Å². The van der Waals surface area contributed by atoms with Gasteiger partial charge in [0.2, 0.25) is 5.91 Å². The Hall–Kier alpha value is -2.56. The van der Waals surface area contributed by atoms with Gasteiger partial charge in [0.15, 0.2) is 0 Å². The van der Waals surface area contributed by atoms with Crippen LogP contribution in [0.3, 0.4) is 0 Å². The van der Waals surface area contributed by atoms with Crippen molar-refractivity contribution in [2.24, 2.45) is 7.05 Å². The van der Waals surface area contributed by atoms with Gasteiger partial charge in [-0.2, -0.15) is 5.10 Å². The number of aryl methyl sites for hydroxylation is 3. The van der Waals surface area contributed by atoms with E-state index in [1.165, 1.54) is 30.0 Å². The number of rotatable bonds is 6. The van der Waals surface area contributed by atoms with E-state index in [2.05, 4.69) is 22.5 Å². The van der Waals surface area contributed by atoms with Crippen molar-refractivity contribution in [2.45, 2.75) is 19.3 Å². The standard InChI is InChI=1S/C18H21N3O2/c1-21-13-14(12-20-21)5-8-18(22)19-9-10-23-17-7-6-15-3-2-4-16(15)11-17/h5-8,11-13H,2-4,9-10H2,1H3,(H,19,22)/b8-5+. The highest BCUT2D eigenvalue weighted by Crippen LogP contribution is 2.25. The summed E-state index contributed by atoms with van der Waals surface area (Å²) >= 11 is 0. The Morgan fingerprint density at radius 1 is 1.39 bits per heavy atom. The molecular weight excluding hydrogens is 290 g/mol. The molecule has 5 nitrogen and oxygen atoms in total. The van der Waals surface area contributed by atoms with Gasteiger partial charge in [-0.3, -0.25) is 9.48 Å². The van der Waals surface area contributed by atoms with Crippen LogP contribution in [-0.2, 0) is 24.7 Å². The Kier molecular flexibility index (Phi) is 4.76. The predicted molar refractivity (Wildman–Crippen MR) is 89.2 cm³/mol. The van der Waals surface area contributed by atoms with Gasteiger partial charge in [-0.25, -0.2) is 0 Å². The maximum absolute atomic E-state index is 11.7. The Labute approximate surface area is 136 Å². The second-order valence-corrected chi connectivity index (χ2v) is 5.70. The highest BCUT2D eigenvalue weighted by atomic mass is 16.5. The average molecular weight is 311 g/mol. The van der Waals surface area contributed by atoms with E-state index in [1.54, 1.807) is 17.0 Å². The molecule has 0 spiro atoms. The molecule has 120 valence electrons. The third-order valence-corrected chi connectivity index (χ3v) is 3.89. The van der Waals surface area contributed by atoms with Crippen molar-refractivity contribution < 1.29 is 9.53 Å². The van der Waals surface area contributed by atoms with Crippen molar-refractivity contribution in [1.29, 1.82) is 0 Å². The fourth-order valence-electron chi connectivity index (χ4n) is 2.74. The lowest BCUT2D eigenvalue weighted by Crippen LogP contribution is -2.26. The molecule has 0 saturated heterocycles. The summed E-state index contributed by atoms with van der Waals surface area (Å²) in [5, 5.41) is 6.85. The highest BCUT2D eigenvalue weighted by Gasteiger charge is 2.10. The second kappa shape index (κ2) is 7.13. The average Bonchev–Trinajstić information content (AvgIpc) is 3.17. The number of hydrogen-bond acceptors (Lipinski definition) is 3. The first kappa shape index (κ1) is 15.3. The van der Waals surface area contributed by atoms with E-state index in [-0.39, 0.29) is 5.91 Å². The molecule has 0 aliphatic heterocycles. The first-order valence-corrected chi connectivity index (χ1v) is 7.90. The monoisotopic (exact) mass is 311 g/mol. The number of carbonyl (C=O) groups excluding carboxylic acids is 1. The molecule has 23 heavy (non-hydrogen) atoms. The molecule has 1 N–H and O–H groups in total. The number of carbonyl (C=O) groups is 1. The van der Waals surface area contributed by atoms with Gasteiger partial charge in [0.05, 0.1) is 12.7 Å². The Morgan fingerprint density at radius 3 is 3.09 bits per heavy atom. The van der Waals surface area contributed by atoms with Gasteiger partial charge in [-0.05, 0) is 48.6 Å². The molecule has 1 amide bonds. The maximum atomic E-state index is 11.7. The molecule has 0 atom stereocenters. The van der Waals surface area contributed by atoms with E-state index < -0.39 is 0 Å². The summed E-state index contributed by atoms with van der Waals surface area (Å²) in [6.07, 6.45) is 10.4. The zero-order valence-electron chi connectivity index (χ0n) is 13.3. The zero-order valence-corrected chi connectivity index (χ0v) is 13.3. The molecule has 0 unspecified atom stereocenters. The summed E-state index contributed by atoms with van der Waals surface area (Å²) < 4.78 is 7.39. The number of benzene rings is 1. The van der Waals surface area contributed by atoms with Crippen LogP contribution in [0, 0.1) is 0 Å². The van der Waals surface area contributed by atoms with Crippen LogP contribution in [0.4, 0.5) is 0 Å². The summed E-state index contributed by atoms with van der Waals surface area (Å²) in [5.41, 5.74) is 3.73. The largest absolute Gasteiger partial charge is 0.492 e. The van der Waals surface area contributed by atoms with Gasteiger partial charge in [0.1, 0.15) is 12.4 Å². The predicted octanol–water partition coefficient (Wildman–Crippen LogP) is 2.12. The smallest absolute Gasteiger partial charge is 0.244 e. The number of amides is 1. The van der Waals surface area contributed by atoms with Crippen molar-refractivity contribution in [3.63, 3.8) is 0 Å². The Morgan fingerprint density at radius 2 is 2.26 bits per heavy atom. The molecule has 5 heteroatoms. The molecule has 2 aromatic rings. The second-order valence-electron chi connectivity index (χ2n) is 5.70. The van der Waals surface area contributed by atoms with Gasteiger partial charge in [0.25, 0.3) is 0 Å². The molecule has 1 aromatic heterocycles. The van der Waals surface area contributed by atoms with Crippen molar-refractivity contribution in [2.75, 3.05) is 13.2 Å². The van der Waals surface area contributed by atoms with Crippen molar-refractivity contribution in [1.82, 2.24) is 15.1 Å².